The number of anilines is 1. The highest BCUT2D eigenvalue weighted by Gasteiger charge is 2.32. The number of aromatic nitrogens is 1. The molecule has 5 rings (SSSR count). The third kappa shape index (κ3) is 4.03. The normalized spacial score (nSPS) is 18.4. The number of nitrogens with one attached hydrogen (secondary N) is 1. The Kier molecular flexibility index (Phi) is 6.00. The molecule has 2 aliphatic rings. The number of aromatic amines is 1. The minimum Gasteiger partial charge on any atom is -0.378 e. The minimum absolute atomic E-state index is 0.0428. The molecular weight excluding hydrogens is 424 g/mol. The van der Waals surface area contributed by atoms with Gasteiger partial charge in [0.15, 0.2) is 0 Å². The van der Waals surface area contributed by atoms with E-state index in [2.05, 4.69) is 72.8 Å². The van der Waals surface area contributed by atoms with Crippen LogP contribution in [0.15, 0.2) is 64.6 Å². The SMILES string of the molecule is C=C(CC)N1N=C(c2c(C)c3ccc(N4CCOCC4)cc3[nH]c2=O)CC1c1ccc(C)cc1. The Bertz CT molecular complexity index is 1320. The largest absolute Gasteiger partial charge is 0.378 e. The number of aryl methyl sites for hydroxylation is 2. The summed E-state index contributed by atoms with van der Waals surface area (Å²) >= 11 is 0. The zero-order valence-electron chi connectivity index (χ0n) is 20.2. The summed E-state index contributed by atoms with van der Waals surface area (Å²) in [6.45, 7) is 13.6. The number of morpholine rings is 1. The first-order chi connectivity index (χ1) is 16.5. The lowest BCUT2D eigenvalue weighted by Crippen LogP contribution is -2.36. The van der Waals surface area contributed by atoms with Crippen LogP contribution in [0.25, 0.3) is 10.9 Å². The zero-order valence-corrected chi connectivity index (χ0v) is 20.2. The molecule has 0 saturated carbocycles. The summed E-state index contributed by atoms with van der Waals surface area (Å²) in [5, 5.41) is 7.99. The molecule has 1 fully saturated rings. The van der Waals surface area contributed by atoms with Gasteiger partial charge in [-0.15, -0.1) is 0 Å². The van der Waals surface area contributed by atoms with Crippen LogP contribution in [0.3, 0.4) is 0 Å². The second-order valence-electron chi connectivity index (χ2n) is 9.23. The number of pyridine rings is 1. The molecule has 2 aromatic carbocycles. The van der Waals surface area contributed by atoms with Crippen LogP contribution in [-0.4, -0.2) is 42.0 Å². The van der Waals surface area contributed by atoms with Gasteiger partial charge in [-0.05, 0) is 43.5 Å². The Balaban J connectivity index is 1.54. The molecule has 0 bridgehead atoms. The maximum Gasteiger partial charge on any atom is 0.257 e. The van der Waals surface area contributed by atoms with Crippen molar-refractivity contribution in [2.75, 3.05) is 31.2 Å². The van der Waals surface area contributed by atoms with E-state index < -0.39 is 0 Å². The number of benzene rings is 2. The maximum atomic E-state index is 13.4. The number of hydrogen-bond donors (Lipinski definition) is 1. The molecule has 0 amide bonds. The Labute approximate surface area is 200 Å². The van der Waals surface area contributed by atoms with E-state index in [1.165, 1.54) is 11.1 Å². The first kappa shape index (κ1) is 22.4. The van der Waals surface area contributed by atoms with Crippen molar-refractivity contribution in [1.29, 1.82) is 0 Å². The Morgan fingerprint density at radius 3 is 2.59 bits per heavy atom. The first-order valence-corrected chi connectivity index (χ1v) is 12.1. The van der Waals surface area contributed by atoms with Gasteiger partial charge in [0.05, 0.1) is 36.0 Å². The Morgan fingerprint density at radius 2 is 1.88 bits per heavy atom. The molecular formula is C28H32N4O2. The van der Waals surface area contributed by atoms with Crippen LogP contribution in [0, 0.1) is 13.8 Å². The maximum absolute atomic E-state index is 13.4. The molecule has 0 radical (unpaired) electrons. The van der Waals surface area contributed by atoms with Gasteiger partial charge in [-0.3, -0.25) is 9.80 Å². The summed E-state index contributed by atoms with van der Waals surface area (Å²) in [5.41, 5.74) is 7.71. The molecule has 1 unspecified atom stereocenters. The van der Waals surface area contributed by atoms with Gasteiger partial charge in [0.25, 0.3) is 5.56 Å². The molecule has 1 aromatic heterocycles. The van der Waals surface area contributed by atoms with Crippen molar-refractivity contribution in [2.24, 2.45) is 5.10 Å². The number of allylic oxidation sites excluding steroid dienone is 1. The number of H-pyrrole nitrogens is 1. The summed E-state index contributed by atoms with van der Waals surface area (Å²) in [5.74, 6) is 0. The lowest BCUT2D eigenvalue weighted by Gasteiger charge is -2.29. The van der Waals surface area contributed by atoms with Crippen LogP contribution in [-0.2, 0) is 4.74 Å². The smallest absolute Gasteiger partial charge is 0.257 e. The molecule has 34 heavy (non-hydrogen) atoms. The van der Waals surface area contributed by atoms with Crippen molar-refractivity contribution in [3.05, 3.63) is 87.3 Å². The molecule has 3 heterocycles. The highest BCUT2D eigenvalue weighted by atomic mass is 16.5. The van der Waals surface area contributed by atoms with Crippen LogP contribution in [0.4, 0.5) is 5.69 Å². The topological polar surface area (TPSA) is 60.9 Å². The van der Waals surface area contributed by atoms with Crippen LogP contribution >= 0.6 is 0 Å². The van der Waals surface area contributed by atoms with Crippen LogP contribution in [0.5, 0.6) is 0 Å². The fraction of sp³-hybridized carbons (Fsp3) is 0.357. The van der Waals surface area contributed by atoms with Crippen molar-refractivity contribution >= 4 is 22.3 Å². The summed E-state index contributed by atoms with van der Waals surface area (Å²) in [6, 6.07) is 14.9. The van der Waals surface area contributed by atoms with Gasteiger partial charge in [-0.1, -0.05) is 49.4 Å². The summed E-state index contributed by atoms with van der Waals surface area (Å²) in [6.07, 6.45) is 1.47. The van der Waals surface area contributed by atoms with E-state index in [4.69, 9.17) is 9.84 Å². The van der Waals surface area contributed by atoms with Gasteiger partial charge in [0.2, 0.25) is 0 Å². The van der Waals surface area contributed by atoms with Gasteiger partial charge in [-0.2, -0.15) is 5.10 Å². The molecule has 176 valence electrons. The van der Waals surface area contributed by atoms with E-state index in [0.29, 0.717) is 12.0 Å². The fourth-order valence-corrected chi connectivity index (χ4v) is 4.98. The predicted molar refractivity (Wildman–Crippen MR) is 139 cm³/mol. The highest BCUT2D eigenvalue weighted by Crippen LogP contribution is 2.36. The fourth-order valence-electron chi connectivity index (χ4n) is 4.98. The Hall–Kier alpha value is -3.38. The summed E-state index contributed by atoms with van der Waals surface area (Å²) in [7, 11) is 0. The Morgan fingerprint density at radius 1 is 1.15 bits per heavy atom. The lowest BCUT2D eigenvalue weighted by molar-refractivity contribution is 0.122. The van der Waals surface area contributed by atoms with Crippen molar-refractivity contribution in [1.82, 2.24) is 9.99 Å². The van der Waals surface area contributed by atoms with Crippen molar-refractivity contribution in [2.45, 2.75) is 39.7 Å². The van der Waals surface area contributed by atoms with Crippen LogP contribution in [0.2, 0.25) is 0 Å². The monoisotopic (exact) mass is 456 g/mol. The molecule has 6 heteroatoms. The van der Waals surface area contributed by atoms with Gasteiger partial charge >= 0.3 is 0 Å². The molecule has 1 atom stereocenters. The van der Waals surface area contributed by atoms with Gasteiger partial charge < -0.3 is 14.6 Å². The van der Waals surface area contributed by atoms with Crippen LogP contribution < -0.4 is 10.5 Å². The third-order valence-electron chi connectivity index (χ3n) is 7.03. The lowest BCUT2D eigenvalue weighted by atomic mass is 9.94. The number of nitrogens with zero attached hydrogens (tertiary/aromatic N) is 3. The van der Waals surface area contributed by atoms with E-state index >= 15 is 0 Å². The molecule has 6 nitrogen and oxygen atoms in total. The second-order valence-corrected chi connectivity index (χ2v) is 9.23. The molecule has 3 aromatic rings. The zero-order chi connectivity index (χ0) is 23.8. The standard InChI is InChI=1S/C28H32N4O2/c1-5-19(3)32-26(21-8-6-18(2)7-9-21)17-25(30-32)27-20(4)23-11-10-22(16-24(23)29-28(27)33)31-12-14-34-15-13-31/h6-11,16,26H,3,5,12-15,17H2,1-2,4H3,(H,29,33). The van der Waals surface area contributed by atoms with Crippen LogP contribution in [0.1, 0.15) is 48.1 Å². The van der Waals surface area contributed by atoms with Gasteiger partial charge in [-0.25, -0.2) is 0 Å². The first-order valence-electron chi connectivity index (χ1n) is 12.1. The summed E-state index contributed by atoms with van der Waals surface area (Å²) in [4.78, 5) is 18.8. The number of hydrogen-bond acceptors (Lipinski definition) is 5. The van der Waals surface area contributed by atoms with Crippen molar-refractivity contribution in [3.63, 3.8) is 0 Å². The average molecular weight is 457 g/mol. The van der Waals surface area contributed by atoms with Gasteiger partial charge in [0, 0.05) is 36.3 Å². The molecule has 2 aliphatic heterocycles. The minimum atomic E-state index is -0.0884. The van der Waals surface area contributed by atoms with E-state index in [1.807, 2.05) is 11.9 Å². The molecule has 0 aliphatic carbocycles. The van der Waals surface area contributed by atoms with E-state index in [1.54, 1.807) is 0 Å². The summed E-state index contributed by atoms with van der Waals surface area (Å²) < 4.78 is 5.48. The number of hydrazone groups is 1. The van der Waals surface area contributed by atoms with E-state index in [9.17, 15) is 4.79 Å². The predicted octanol–water partition coefficient (Wildman–Crippen LogP) is 5.06. The van der Waals surface area contributed by atoms with E-state index in [-0.39, 0.29) is 11.6 Å². The second kappa shape index (κ2) is 9.11. The third-order valence-corrected chi connectivity index (χ3v) is 7.03. The van der Waals surface area contributed by atoms with Crippen molar-refractivity contribution in [3.8, 4) is 0 Å². The highest BCUT2D eigenvalue weighted by molar-refractivity contribution is 6.06. The molecule has 0 spiro atoms. The van der Waals surface area contributed by atoms with Gasteiger partial charge in [0.1, 0.15) is 0 Å². The van der Waals surface area contributed by atoms with E-state index in [0.717, 1.165) is 66.3 Å². The molecule has 1 saturated heterocycles. The number of ether oxygens (including phenoxy) is 1. The average Bonchev–Trinajstić information content (AvgIpc) is 3.29. The molecule has 1 N–H and O–H groups in total. The quantitative estimate of drug-likeness (QED) is 0.583. The van der Waals surface area contributed by atoms with Crippen molar-refractivity contribution < 1.29 is 4.74 Å². The number of fused-ring (bicyclic) bond motifs is 1. The number of rotatable bonds is 5.